The van der Waals surface area contributed by atoms with Crippen molar-refractivity contribution in [3.05, 3.63) is 64.9 Å². The third kappa shape index (κ3) is 3.29. The van der Waals surface area contributed by atoms with E-state index in [2.05, 4.69) is 47.1 Å². The van der Waals surface area contributed by atoms with Crippen LogP contribution in [-0.4, -0.2) is 43.0 Å². The Bertz CT molecular complexity index is 1310. The van der Waals surface area contributed by atoms with Crippen molar-refractivity contribution in [2.24, 2.45) is 11.8 Å². The number of fused-ring (bicyclic) bond motifs is 6. The molecule has 2 aromatic carbocycles. The summed E-state index contributed by atoms with van der Waals surface area (Å²) in [4.78, 5) is 19.7. The van der Waals surface area contributed by atoms with E-state index in [4.69, 9.17) is 9.47 Å². The number of piperidine rings is 1. The first-order valence-electron chi connectivity index (χ1n) is 12.3. The monoisotopic (exact) mass is 456 g/mol. The van der Waals surface area contributed by atoms with Crippen molar-refractivity contribution in [3.8, 4) is 11.5 Å². The summed E-state index contributed by atoms with van der Waals surface area (Å²) >= 11 is 0. The molecule has 34 heavy (non-hydrogen) atoms. The minimum Gasteiger partial charge on any atom is -0.493 e. The summed E-state index contributed by atoms with van der Waals surface area (Å²) in [6.45, 7) is 4.51. The topological polar surface area (TPSA) is 54.6 Å². The van der Waals surface area contributed by atoms with E-state index in [1.165, 1.54) is 22.2 Å². The Balaban J connectivity index is 1.28. The molecule has 6 rings (SSSR count). The molecule has 1 saturated heterocycles. The van der Waals surface area contributed by atoms with Crippen molar-refractivity contribution in [1.82, 2.24) is 9.88 Å². The number of methoxy groups -OCH3 is 2. The molecule has 2 aliphatic heterocycles. The first kappa shape index (κ1) is 21.5. The van der Waals surface area contributed by atoms with Crippen molar-refractivity contribution in [3.63, 3.8) is 0 Å². The van der Waals surface area contributed by atoms with Crippen molar-refractivity contribution < 1.29 is 14.3 Å². The van der Waals surface area contributed by atoms with E-state index >= 15 is 0 Å². The molecule has 3 heterocycles. The van der Waals surface area contributed by atoms with Gasteiger partial charge in [-0.05, 0) is 79.0 Å². The second-order valence-electron chi connectivity index (χ2n) is 10.3. The fourth-order valence-corrected chi connectivity index (χ4v) is 6.72. The number of ketones is 1. The molecular weight excluding hydrogens is 424 g/mol. The molecule has 1 aliphatic carbocycles. The van der Waals surface area contributed by atoms with Gasteiger partial charge in [0.05, 0.1) is 19.8 Å². The lowest BCUT2D eigenvalue weighted by Gasteiger charge is -2.54. The summed E-state index contributed by atoms with van der Waals surface area (Å²) in [7, 11) is 3.28. The van der Waals surface area contributed by atoms with Gasteiger partial charge in [-0.25, -0.2) is 0 Å². The van der Waals surface area contributed by atoms with Gasteiger partial charge in [-0.2, -0.15) is 0 Å². The Morgan fingerprint density at radius 2 is 1.88 bits per heavy atom. The van der Waals surface area contributed by atoms with Crippen LogP contribution in [0.15, 0.2) is 48.0 Å². The number of para-hydroxylation sites is 1. The maximum atomic E-state index is 13.2. The first-order valence-corrected chi connectivity index (χ1v) is 12.3. The largest absolute Gasteiger partial charge is 0.493 e. The van der Waals surface area contributed by atoms with Gasteiger partial charge in [-0.1, -0.05) is 24.3 Å². The molecule has 0 amide bonds. The van der Waals surface area contributed by atoms with Crippen LogP contribution in [0.1, 0.15) is 43.0 Å². The number of Topliss-reactive ketones (excluding diaryl/α,β-unsaturated/α-hetero) is 1. The van der Waals surface area contributed by atoms with E-state index in [1.54, 1.807) is 14.2 Å². The number of nitrogens with zero attached hydrogens (tertiary/aromatic N) is 1. The number of benzene rings is 2. The molecule has 3 aromatic rings. The van der Waals surface area contributed by atoms with Gasteiger partial charge in [-0.3, -0.25) is 9.69 Å². The lowest BCUT2D eigenvalue weighted by molar-refractivity contribution is -0.121. The number of nitrogens with one attached hydrogen (secondary N) is 1. The molecule has 3 aliphatic rings. The number of allylic oxidation sites excluding steroid dienone is 1. The van der Waals surface area contributed by atoms with Crippen LogP contribution < -0.4 is 9.47 Å². The molecule has 0 unspecified atom stereocenters. The Hall–Kier alpha value is -3.05. The van der Waals surface area contributed by atoms with Gasteiger partial charge in [0.25, 0.3) is 0 Å². The molecule has 1 N–H and O–H groups in total. The summed E-state index contributed by atoms with van der Waals surface area (Å²) < 4.78 is 10.8. The van der Waals surface area contributed by atoms with Crippen LogP contribution in [0.25, 0.3) is 17.0 Å². The quantitative estimate of drug-likeness (QED) is 0.541. The number of ether oxygens (including phenoxy) is 2. The number of rotatable bonds is 3. The summed E-state index contributed by atoms with van der Waals surface area (Å²) in [6, 6.07) is 14.5. The van der Waals surface area contributed by atoms with Crippen molar-refractivity contribution >= 4 is 22.8 Å². The number of hydrogen-bond donors (Lipinski definition) is 1. The van der Waals surface area contributed by atoms with Crippen molar-refractivity contribution in [1.29, 1.82) is 0 Å². The van der Waals surface area contributed by atoms with Crippen LogP contribution in [0.3, 0.4) is 0 Å². The van der Waals surface area contributed by atoms with Gasteiger partial charge < -0.3 is 14.5 Å². The van der Waals surface area contributed by atoms with E-state index < -0.39 is 0 Å². The maximum Gasteiger partial charge on any atom is 0.161 e. The van der Waals surface area contributed by atoms with E-state index in [0.29, 0.717) is 35.5 Å². The zero-order chi connectivity index (χ0) is 23.4. The van der Waals surface area contributed by atoms with Gasteiger partial charge in [0, 0.05) is 36.1 Å². The van der Waals surface area contributed by atoms with Crippen LogP contribution in [0.2, 0.25) is 0 Å². The fraction of sp³-hybridized carbons (Fsp3) is 0.414. The number of H-pyrrole nitrogens is 1. The summed E-state index contributed by atoms with van der Waals surface area (Å²) in [6.07, 6.45) is 5.67. The molecule has 1 aromatic heterocycles. The maximum absolute atomic E-state index is 13.2. The molecule has 5 heteroatoms. The van der Waals surface area contributed by atoms with E-state index in [-0.39, 0.29) is 5.54 Å². The highest BCUT2D eigenvalue weighted by molar-refractivity contribution is 6.00. The number of hydrogen-bond acceptors (Lipinski definition) is 4. The number of aromatic amines is 1. The van der Waals surface area contributed by atoms with Crippen LogP contribution >= 0.6 is 0 Å². The van der Waals surface area contributed by atoms with Gasteiger partial charge in [0.1, 0.15) is 0 Å². The predicted octanol–water partition coefficient (Wildman–Crippen LogP) is 5.34. The highest BCUT2D eigenvalue weighted by atomic mass is 16.5. The highest BCUT2D eigenvalue weighted by Gasteiger charge is 2.49. The van der Waals surface area contributed by atoms with E-state index in [0.717, 1.165) is 43.5 Å². The third-order valence-electron chi connectivity index (χ3n) is 8.50. The molecular formula is C29H32N2O3. The van der Waals surface area contributed by atoms with Gasteiger partial charge in [0.15, 0.2) is 17.3 Å². The SMILES string of the molecule is COc1ccc(/C=C2\C[C@H]3CN4CCc5c([nH]c6ccccc56)[C@]4(C)C[C@@H]3CC2=O)cc1OC. The number of carbonyl (C=O) groups excluding carboxylic acids is 1. The van der Waals surface area contributed by atoms with Crippen molar-refractivity contribution in [2.45, 2.75) is 38.1 Å². The molecule has 0 bridgehead atoms. The minimum absolute atomic E-state index is 0.0291. The lowest BCUT2D eigenvalue weighted by atomic mass is 9.65. The fourth-order valence-electron chi connectivity index (χ4n) is 6.72. The van der Waals surface area contributed by atoms with E-state index in [1.807, 2.05) is 18.2 Å². The Labute approximate surface area is 200 Å². The smallest absolute Gasteiger partial charge is 0.161 e. The average molecular weight is 457 g/mol. The second-order valence-corrected chi connectivity index (χ2v) is 10.3. The van der Waals surface area contributed by atoms with Gasteiger partial charge >= 0.3 is 0 Å². The van der Waals surface area contributed by atoms with Crippen LogP contribution in [-0.2, 0) is 16.8 Å². The Kier molecular flexibility index (Phi) is 5.07. The summed E-state index contributed by atoms with van der Waals surface area (Å²) in [5.41, 5.74) is 5.98. The lowest BCUT2D eigenvalue weighted by Crippen LogP contribution is -2.57. The second kappa shape index (κ2) is 8.02. The highest BCUT2D eigenvalue weighted by Crippen LogP contribution is 2.50. The van der Waals surface area contributed by atoms with Gasteiger partial charge in [0.2, 0.25) is 0 Å². The average Bonchev–Trinajstić information content (AvgIpc) is 3.23. The molecule has 5 nitrogen and oxygen atoms in total. The molecule has 0 spiro atoms. The first-order chi connectivity index (χ1) is 16.5. The number of aromatic nitrogens is 1. The van der Waals surface area contributed by atoms with Gasteiger partial charge in [-0.15, -0.1) is 0 Å². The molecule has 176 valence electrons. The molecule has 3 atom stereocenters. The van der Waals surface area contributed by atoms with Crippen LogP contribution in [0, 0.1) is 11.8 Å². The standard InChI is InChI=1S/C29H32N2O3/c1-29-16-20-15-25(32)19(12-18-8-9-26(33-2)27(13-18)34-3)14-21(20)17-31(29)11-10-23-22-6-4-5-7-24(22)30-28(23)29/h4-9,12-13,20-21,30H,10-11,14-17H2,1-3H3/b19-12+/t20-,21-,29-/m0/s1. The summed E-state index contributed by atoms with van der Waals surface area (Å²) in [5.74, 6) is 2.62. The molecule has 1 saturated carbocycles. The Morgan fingerprint density at radius 3 is 2.71 bits per heavy atom. The molecule has 2 fully saturated rings. The summed E-state index contributed by atoms with van der Waals surface area (Å²) in [5, 5.41) is 1.36. The normalized spacial score (nSPS) is 27.9. The zero-order valence-corrected chi connectivity index (χ0v) is 20.2. The minimum atomic E-state index is -0.0291. The number of carbonyl (C=O) groups is 1. The van der Waals surface area contributed by atoms with Crippen molar-refractivity contribution in [2.75, 3.05) is 27.3 Å². The van der Waals surface area contributed by atoms with Crippen LogP contribution in [0.5, 0.6) is 11.5 Å². The van der Waals surface area contributed by atoms with E-state index in [9.17, 15) is 4.79 Å². The predicted molar refractivity (Wildman–Crippen MR) is 134 cm³/mol. The third-order valence-corrected chi connectivity index (χ3v) is 8.50. The van der Waals surface area contributed by atoms with Crippen LogP contribution in [0.4, 0.5) is 0 Å². The Morgan fingerprint density at radius 1 is 1.06 bits per heavy atom. The molecule has 0 radical (unpaired) electrons. The zero-order valence-electron chi connectivity index (χ0n) is 20.2.